The lowest BCUT2D eigenvalue weighted by atomic mass is 10.3. The Labute approximate surface area is 110 Å². The summed E-state index contributed by atoms with van der Waals surface area (Å²) < 4.78 is 15.8. The fourth-order valence-electron chi connectivity index (χ4n) is 1.39. The van der Waals surface area contributed by atoms with Crippen LogP contribution in [-0.4, -0.2) is 24.2 Å². The van der Waals surface area contributed by atoms with Gasteiger partial charge in [0.1, 0.15) is 23.3 Å². The second kappa shape index (κ2) is 5.69. The Bertz CT molecular complexity index is 583. The third kappa shape index (κ3) is 3.10. The van der Waals surface area contributed by atoms with Crippen molar-refractivity contribution < 1.29 is 14.2 Å². The first-order chi connectivity index (χ1) is 9.25. The van der Waals surface area contributed by atoms with E-state index >= 15 is 0 Å². The molecule has 0 saturated heterocycles. The molecule has 0 aliphatic heterocycles. The van der Waals surface area contributed by atoms with Crippen molar-refractivity contribution in [1.29, 1.82) is 5.26 Å². The SMILES string of the molecule is COc1cc(OC)cc(Oc2cnc(C#N)cn2)c1. The maximum atomic E-state index is 8.63. The Morgan fingerprint density at radius 2 is 1.58 bits per heavy atom. The number of benzene rings is 1. The van der Waals surface area contributed by atoms with Crippen LogP contribution in [0.15, 0.2) is 30.6 Å². The van der Waals surface area contributed by atoms with Crippen LogP contribution in [0.3, 0.4) is 0 Å². The molecule has 2 rings (SSSR count). The molecule has 0 spiro atoms. The second-order valence-corrected chi connectivity index (χ2v) is 3.50. The molecule has 0 aliphatic rings. The van der Waals surface area contributed by atoms with Gasteiger partial charge in [-0.3, -0.25) is 0 Å². The Kier molecular flexibility index (Phi) is 3.78. The highest BCUT2D eigenvalue weighted by atomic mass is 16.5. The Hall–Kier alpha value is -2.81. The van der Waals surface area contributed by atoms with Gasteiger partial charge in [-0.2, -0.15) is 5.26 Å². The molecule has 6 heteroatoms. The van der Waals surface area contributed by atoms with E-state index in [2.05, 4.69) is 9.97 Å². The molecule has 0 amide bonds. The predicted molar refractivity (Wildman–Crippen MR) is 66.4 cm³/mol. The minimum atomic E-state index is 0.232. The summed E-state index contributed by atoms with van der Waals surface area (Å²) in [6, 6.07) is 7.01. The Morgan fingerprint density at radius 1 is 0.947 bits per heavy atom. The van der Waals surface area contributed by atoms with E-state index < -0.39 is 0 Å². The van der Waals surface area contributed by atoms with Gasteiger partial charge in [-0.15, -0.1) is 0 Å². The molecule has 1 heterocycles. The van der Waals surface area contributed by atoms with Crippen LogP contribution in [0.4, 0.5) is 0 Å². The summed E-state index contributed by atoms with van der Waals surface area (Å²) in [5, 5.41) is 8.63. The first kappa shape index (κ1) is 12.6. The van der Waals surface area contributed by atoms with Crippen molar-refractivity contribution in [1.82, 2.24) is 9.97 Å². The quantitative estimate of drug-likeness (QED) is 0.835. The molecule has 0 aliphatic carbocycles. The summed E-state index contributed by atoms with van der Waals surface area (Å²) in [7, 11) is 3.11. The largest absolute Gasteiger partial charge is 0.496 e. The third-order valence-corrected chi connectivity index (χ3v) is 2.29. The van der Waals surface area contributed by atoms with Crippen molar-refractivity contribution in [3.8, 4) is 29.2 Å². The topological polar surface area (TPSA) is 77.3 Å². The number of ether oxygens (including phenoxy) is 3. The van der Waals surface area contributed by atoms with Gasteiger partial charge in [0.25, 0.3) is 0 Å². The molecule has 96 valence electrons. The van der Waals surface area contributed by atoms with Crippen LogP contribution >= 0.6 is 0 Å². The van der Waals surface area contributed by atoms with Crippen molar-refractivity contribution in [2.24, 2.45) is 0 Å². The van der Waals surface area contributed by atoms with Crippen molar-refractivity contribution in [3.05, 3.63) is 36.3 Å². The minimum Gasteiger partial charge on any atom is -0.496 e. The highest BCUT2D eigenvalue weighted by Gasteiger charge is 2.05. The van der Waals surface area contributed by atoms with Crippen molar-refractivity contribution in [3.63, 3.8) is 0 Å². The number of hydrogen-bond donors (Lipinski definition) is 0. The number of nitriles is 1. The van der Waals surface area contributed by atoms with Gasteiger partial charge in [-0.05, 0) is 0 Å². The fraction of sp³-hybridized carbons (Fsp3) is 0.154. The number of nitrogens with zero attached hydrogens (tertiary/aromatic N) is 3. The van der Waals surface area contributed by atoms with Gasteiger partial charge in [-0.1, -0.05) is 0 Å². The molecule has 2 aromatic rings. The maximum Gasteiger partial charge on any atom is 0.237 e. The normalized spacial score (nSPS) is 9.53. The molecule has 0 bridgehead atoms. The van der Waals surface area contributed by atoms with Crippen LogP contribution in [0.1, 0.15) is 5.69 Å². The summed E-state index contributed by atoms with van der Waals surface area (Å²) in [5.74, 6) is 2.01. The Balaban J connectivity index is 2.24. The average Bonchev–Trinajstić information content (AvgIpc) is 2.47. The van der Waals surface area contributed by atoms with E-state index in [-0.39, 0.29) is 11.6 Å². The molecule has 1 aromatic carbocycles. The van der Waals surface area contributed by atoms with E-state index in [1.165, 1.54) is 12.4 Å². The van der Waals surface area contributed by atoms with E-state index in [4.69, 9.17) is 19.5 Å². The van der Waals surface area contributed by atoms with E-state index in [9.17, 15) is 0 Å². The lowest BCUT2D eigenvalue weighted by Gasteiger charge is -2.08. The molecule has 19 heavy (non-hydrogen) atoms. The molecular weight excluding hydrogens is 246 g/mol. The summed E-state index contributed by atoms with van der Waals surface area (Å²) in [5.41, 5.74) is 0.232. The molecule has 0 atom stereocenters. The van der Waals surface area contributed by atoms with E-state index in [1.54, 1.807) is 32.4 Å². The lowest BCUT2D eigenvalue weighted by molar-refractivity contribution is 0.384. The predicted octanol–water partition coefficient (Wildman–Crippen LogP) is 2.16. The third-order valence-electron chi connectivity index (χ3n) is 2.29. The van der Waals surface area contributed by atoms with Crippen LogP contribution in [0, 0.1) is 11.3 Å². The van der Waals surface area contributed by atoms with Crippen LogP contribution in [0.25, 0.3) is 0 Å². The number of rotatable bonds is 4. The van der Waals surface area contributed by atoms with Gasteiger partial charge in [0.2, 0.25) is 5.88 Å². The van der Waals surface area contributed by atoms with Crippen molar-refractivity contribution in [2.75, 3.05) is 14.2 Å². The number of hydrogen-bond acceptors (Lipinski definition) is 6. The van der Waals surface area contributed by atoms with Crippen LogP contribution in [0.2, 0.25) is 0 Å². The zero-order chi connectivity index (χ0) is 13.7. The molecule has 6 nitrogen and oxygen atoms in total. The highest BCUT2D eigenvalue weighted by Crippen LogP contribution is 2.29. The molecular formula is C13H11N3O3. The smallest absolute Gasteiger partial charge is 0.237 e. The first-order valence-corrected chi connectivity index (χ1v) is 5.38. The molecule has 1 aromatic heterocycles. The zero-order valence-corrected chi connectivity index (χ0v) is 10.5. The van der Waals surface area contributed by atoms with Gasteiger partial charge in [0.15, 0.2) is 5.69 Å². The number of methoxy groups -OCH3 is 2. The summed E-state index contributed by atoms with van der Waals surface area (Å²) in [4.78, 5) is 7.83. The summed E-state index contributed by atoms with van der Waals surface area (Å²) >= 11 is 0. The van der Waals surface area contributed by atoms with E-state index in [1.807, 2.05) is 6.07 Å². The van der Waals surface area contributed by atoms with E-state index in [0.29, 0.717) is 17.2 Å². The first-order valence-electron chi connectivity index (χ1n) is 5.38. The molecule has 0 fully saturated rings. The zero-order valence-electron chi connectivity index (χ0n) is 10.5. The van der Waals surface area contributed by atoms with Gasteiger partial charge >= 0.3 is 0 Å². The summed E-state index contributed by atoms with van der Waals surface area (Å²) in [6.45, 7) is 0. The van der Waals surface area contributed by atoms with Gasteiger partial charge in [0.05, 0.1) is 26.6 Å². The highest BCUT2D eigenvalue weighted by molar-refractivity contribution is 5.43. The summed E-state index contributed by atoms with van der Waals surface area (Å²) in [6.07, 6.45) is 2.72. The van der Waals surface area contributed by atoms with Crippen LogP contribution < -0.4 is 14.2 Å². The van der Waals surface area contributed by atoms with Crippen LogP contribution in [0.5, 0.6) is 23.1 Å². The van der Waals surface area contributed by atoms with Gasteiger partial charge in [-0.25, -0.2) is 9.97 Å². The molecule has 0 saturated carbocycles. The van der Waals surface area contributed by atoms with Gasteiger partial charge in [0, 0.05) is 18.2 Å². The fourth-order valence-corrected chi connectivity index (χ4v) is 1.39. The lowest BCUT2D eigenvalue weighted by Crippen LogP contribution is -1.93. The Morgan fingerprint density at radius 3 is 2.05 bits per heavy atom. The average molecular weight is 257 g/mol. The molecule has 0 N–H and O–H groups in total. The minimum absolute atomic E-state index is 0.232. The van der Waals surface area contributed by atoms with E-state index in [0.717, 1.165) is 0 Å². The molecule has 0 radical (unpaired) electrons. The van der Waals surface area contributed by atoms with Crippen molar-refractivity contribution >= 4 is 0 Å². The standard InChI is InChI=1S/C13H11N3O3/c1-17-10-3-11(18-2)5-12(4-10)19-13-8-15-9(6-14)7-16-13/h3-5,7-8H,1-2H3. The monoisotopic (exact) mass is 257 g/mol. The maximum absolute atomic E-state index is 8.63. The van der Waals surface area contributed by atoms with Crippen molar-refractivity contribution in [2.45, 2.75) is 0 Å². The molecule has 0 unspecified atom stereocenters. The van der Waals surface area contributed by atoms with Gasteiger partial charge < -0.3 is 14.2 Å². The second-order valence-electron chi connectivity index (χ2n) is 3.50. The number of aromatic nitrogens is 2. The van der Waals surface area contributed by atoms with Crippen LogP contribution in [-0.2, 0) is 0 Å².